The Balaban J connectivity index is 2.10. The van der Waals surface area contributed by atoms with Crippen molar-refractivity contribution < 1.29 is 27.5 Å². The van der Waals surface area contributed by atoms with E-state index >= 15 is 0 Å². The lowest BCUT2D eigenvalue weighted by Gasteiger charge is -2.09. The highest BCUT2D eigenvalue weighted by molar-refractivity contribution is 6.47. The largest absolute Gasteiger partial charge is 0.573 e. The Hall–Kier alpha value is -2.84. The third-order valence-corrected chi connectivity index (χ3v) is 3.29. The van der Waals surface area contributed by atoms with Crippen molar-refractivity contribution in [3.8, 4) is 5.75 Å². The number of halogens is 3. The molecule has 0 bridgehead atoms. The monoisotopic (exact) mass is 341 g/mol. The van der Waals surface area contributed by atoms with Gasteiger partial charge in [-0.05, 0) is 38.1 Å². The first kappa shape index (κ1) is 17.5. The molecule has 0 atom stereocenters. The fraction of sp³-hybridized carbons (Fsp3) is 0.267. The number of alkyl halides is 3. The van der Waals surface area contributed by atoms with Gasteiger partial charge in [0.25, 0.3) is 11.7 Å². The summed E-state index contributed by atoms with van der Waals surface area (Å²) in [5.74, 6) is -2.10. The van der Waals surface area contributed by atoms with Gasteiger partial charge in [0.05, 0.1) is 11.3 Å². The van der Waals surface area contributed by atoms with Crippen molar-refractivity contribution >= 4 is 17.4 Å². The normalized spacial score (nSPS) is 11.2. The first-order chi connectivity index (χ1) is 11.1. The molecule has 1 N–H and O–H groups in total. The maximum Gasteiger partial charge on any atom is 0.573 e. The maximum atomic E-state index is 12.2. The van der Waals surface area contributed by atoms with Crippen LogP contribution in [0.4, 0.5) is 18.9 Å². The van der Waals surface area contributed by atoms with Gasteiger partial charge in [-0.1, -0.05) is 0 Å². The Morgan fingerprint density at radius 3 is 2.21 bits per heavy atom. The van der Waals surface area contributed by atoms with Gasteiger partial charge in [-0.3, -0.25) is 14.3 Å². The summed E-state index contributed by atoms with van der Waals surface area (Å²) in [4.78, 5) is 24.3. The van der Waals surface area contributed by atoms with Crippen molar-refractivity contribution in [2.75, 3.05) is 5.32 Å². The van der Waals surface area contributed by atoms with Gasteiger partial charge >= 0.3 is 6.36 Å². The molecule has 0 aliphatic carbocycles. The highest BCUT2D eigenvalue weighted by Crippen LogP contribution is 2.24. The molecular formula is C15H14F3N3O3. The number of benzene rings is 1. The molecule has 128 valence electrons. The molecule has 0 fully saturated rings. The number of carbonyl (C=O) groups excluding carboxylic acids is 2. The molecule has 0 aliphatic rings. The van der Waals surface area contributed by atoms with Crippen LogP contribution < -0.4 is 10.1 Å². The molecule has 0 unspecified atom stereocenters. The molecule has 1 heterocycles. The zero-order chi connectivity index (χ0) is 18.1. The van der Waals surface area contributed by atoms with Gasteiger partial charge < -0.3 is 10.1 Å². The van der Waals surface area contributed by atoms with Crippen LogP contribution in [-0.4, -0.2) is 27.8 Å². The van der Waals surface area contributed by atoms with Crippen molar-refractivity contribution in [2.45, 2.75) is 20.2 Å². The van der Waals surface area contributed by atoms with Crippen molar-refractivity contribution in [1.29, 1.82) is 0 Å². The van der Waals surface area contributed by atoms with Crippen LogP contribution in [0.3, 0.4) is 0 Å². The minimum atomic E-state index is -4.80. The van der Waals surface area contributed by atoms with Gasteiger partial charge in [-0.25, -0.2) is 0 Å². The number of Topliss-reactive ketones (excluding diaryl/α,β-unsaturated/α-hetero) is 1. The van der Waals surface area contributed by atoms with Gasteiger partial charge in [0.15, 0.2) is 0 Å². The molecule has 9 heteroatoms. The second-order valence-electron chi connectivity index (χ2n) is 5.02. The van der Waals surface area contributed by atoms with Gasteiger partial charge in [-0.15, -0.1) is 13.2 Å². The molecular weight excluding hydrogens is 327 g/mol. The van der Waals surface area contributed by atoms with E-state index in [0.717, 1.165) is 12.1 Å². The number of aryl methyl sites for hydroxylation is 2. The topological polar surface area (TPSA) is 73.2 Å². The maximum absolute atomic E-state index is 12.2. The molecule has 1 amide bonds. The minimum absolute atomic E-state index is 0.169. The minimum Gasteiger partial charge on any atom is -0.406 e. The number of hydrogen-bond acceptors (Lipinski definition) is 4. The van der Waals surface area contributed by atoms with E-state index in [1.807, 2.05) is 0 Å². The summed E-state index contributed by atoms with van der Waals surface area (Å²) >= 11 is 0. The summed E-state index contributed by atoms with van der Waals surface area (Å²) in [6.45, 7) is 3.26. The molecule has 1 aromatic carbocycles. The molecule has 0 radical (unpaired) electrons. The summed E-state index contributed by atoms with van der Waals surface area (Å²) in [5.41, 5.74) is 1.33. The Labute approximate surface area is 135 Å². The number of anilines is 1. The van der Waals surface area contributed by atoms with Crippen LogP contribution in [0, 0.1) is 13.8 Å². The molecule has 0 saturated heterocycles. The van der Waals surface area contributed by atoms with Crippen LogP contribution in [0.5, 0.6) is 5.75 Å². The highest BCUT2D eigenvalue weighted by Gasteiger charge is 2.31. The van der Waals surface area contributed by atoms with E-state index in [1.54, 1.807) is 20.9 Å². The Morgan fingerprint density at radius 1 is 1.17 bits per heavy atom. The lowest BCUT2D eigenvalue weighted by molar-refractivity contribution is -0.274. The Morgan fingerprint density at radius 2 is 1.75 bits per heavy atom. The third-order valence-electron chi connectivity index (χ3n) is 3.29. The molecule has 2 rings (SSSR count). The van der Waals surface area contributed by atoms with Crippen LogP contribution in [0.1, 0.15) is 21.7 Å². The standard InChI is InChI=1S/C15H14F3N3O3/c1-8-12(9(2)21(3)20-8)13(22)14(23)19-10-4-6-11(7-5-10)24-15(16,17)18/h4-7H,1-3H3,(H,19,23). The number of ether oxygens (including phenoxy) is 1. The van der Waals surface area contributed by atoms with Crippen LogP contribution in [0.2, 0.25) is 0 Å². The molecule has 6 nitrogen and oxygen atoms in total. The summed E-state index contributed by atoms with van der Waals surface area (Å²) in [6, 6.07) is 4.48. The quantitative estimate of drug-likeness (QED) is 0.685. The SMILES string of the molecule is Cc1nn(C)c(C)c1C(=O)C(=O)Nc1ccc(OC(F)(F)F)cc1. The van der Waals surface area contributed by atoms with Crippen molar-refractivity contribution in [2.24, 2.45) is 7.05 Å². The molecule has 1 aromatic heterocycles. The molecule has 0 saturated carbocycles. The number of rotatable bonds is 4. The van der Waals surface area contributed by atoms with E-state index in [-0.39, 0.29) is 11.3 Å². The van der Waals surface area contributed by atoms with Crippen LogP contribution in [0.15, 0.2) is 24.3 Å². The van der Waals surface area contributed by atoms with Gasteiger partial charge in [-0.2, -0.15) is 5.10 Å². The van der Waals surface area contributed by atoms with Crippen LogP contribution in [-0.2, 0) is 11.8 Å². The smallest absolute Gasteiger partial charge is 0.406 e. The third kappa shape index (κ3) is 3.92. The summed E-state index contributed by atoms with van der Waals surface area (Å²) in [6.07, 6.45) is -4.80. The zero-order valence-corrected chi connectivity index (χ0v) is 13.1. The Kier molecular flexibility index (Phi) is 4.63. The van der Waals surface area contributed by atoms with Gasteiger partial charge in [0.1, 0.15) is 5.75 Å². The van der Waals surface area contributed by atoms with E-state index in [9.17, 15) is 22.8 Å². The number of nitrogens with one attached hydrogen (secondary N) is 1. The van der Waals surface area contributed by atoms with E-state index < -0.39 is 23.8 Å². The van der Waals surface area contributed by atoms with Crippen LogP contribution in [0.25, 0.3) is 0 Å². The predicted molar refractivity (Wildman–Crippen MR) is 78.8 cm³/mol. The number of nitrogens with zero attached hydrogens (tertiary/aromatic N) is 2. The van der Waals surface area contributed by atoms with Crippen LogP contribution >= 0.6 is 0 Å². The fourth-order valence-corrected chi connectivity index (χ4v) is 2.14. The lowest BCUT2D eigenvalue weighted by Crippen LogP contribution is -2.24. The molecule has 0 aliphatic heterocycles. The van der Waals surface area contributed by atoms with E-state index in [4.69, 9.17) is 0 Å². The fourth-order valence-electron chi connectivity index (χ4n) is 2.14. The first-order valence-electron chi connectivity index (χ1n) is 6.80. The van der Waals surface area contributed by atoms with Crippen molar-refractivity contribution in [3.05, 3.63) is 41.2 Å². The zero-order valence-electron chi connectivity index (χ0n) is 13.1. The summed E-state index contributed by atoms with van der Waals surface area (Å²) < 4.78 is 41.4. The van der Waals surface area contributed by atoms with Gasteiger partial charge in [0.2, 0.25) is 0 Å². The molecule has 0 spiro atoms. The Bertz CT molecular complexity index is 780. The summed E-state index contributed by atoms with van der Waals surface area (Å²) in [5, 5.41) is 6.39. The van der Waals surface area contributed by atoms with Crippen molar-refractivity contribution in [1.82, 2.24) is 9.78 Å². The average Bonchev–Trinajstić information content (AvgIpc) is 2.72. The predicted octanol–water partition coefficient (Wildman–Crippen LogP) is 2.76. The number of hydrogen-bond donors (Lipinski definition) is 1. The first-order valence-corrected chi connectivity index (χ1v) is 6.80. The second kappa shape index (κ2) is 6.34. The number of carbonyl (C=O) groups is 2. The van der Waals surface area contributed by atoms with E-state index in [0.29, 0.717) is 11.4 Å². The second-order valence-corrected chi connectivity index (χ2v) is 5.02. The highest BCUT2D eigenvalue weighted by atomic mass is 19.4. The number of aromatic nitrogens is 2. The molecule has 2 aromatic rings. The number of amides is 1. The van der Waals surface area contributed by atoms with Crippen molar-refractivity contribution in [3.63, 3.8) is 0 Å². The number of ketones is 1. The average molecular weight is 341 g/mol. The van der Waals surface area contributed by atoms with E-state index in [2.05, 4.69) is 15.2 Å². The van der Waals surface area contributed by atoms with E-state index in [1.165, 1.54) is 16.8 Å². The summed E-state index contributed by atoms with van der Waals surface area (Å²) in [7, 11) is 1.65. The lowest BCUT2D eigenvalue weighted by atomic mass is 10.1. The molecule has 24 heavy (non-hydrogen) atoms. The van der Waals surface area contributed by atoms with Gasteiger partial charge in [0, 0.05) is 18.4 Å².